The summed E-state index contributed by atoms with van der Waals surface area (Å²) in [5.41, 5.74) is 2.02. The summed E-state index contributed by atoms with van der Waals surface area (Å²) < 4.78 is 31.6. The van der Waals surface area contributed by atoms with Crippen molar-refractivity contribution in [3.05, 3.63) is 59.3 Å². The van der Waals surface area contributed by atoms with Gasteiger partial charge in [0.15, 0.2) is 11.6 Å². The van der Waals surface area contributed by atoms with Crippen LogP contribution in [0.1, 0.15) is 18.1 Å². The van der Waals surface area contributed by atoms with E-state index in [-0.39, 0.29) is 5.82 Å². The number of anilines is 1. The molecule has 0 aliphatic heterocycles. The van der Waals surface area contributed by atoms with E-state index in [1.165, 1.54) is 0 Å². The van der Waals surface area contributed by atoms with Gasteiger partial charge in [0.05, 0.1) is 12.8 Å². The molecule has 1 aromatic heterocycles. The van der Waals surface area contributed by atoms with Gasteiger partial charge in [-0.05, 0) is 18.1 Å². The van der Waals surface area contributed by atoms with Gasteiger partial charge in [0.25, 0.3) is 0 Å². The summed E-state index contributed by atoms with van der Waals surface area (Å²) in [7, 11) is 0. The van der Waals surface area contributed by atoms with E-state index in [4.69, 9.17) is 4.74 Å². The summed E-state index contributed by atoms with van der Waals surface area (Å²) in [5.74, 6) is -1.35. The normalized spacial score (nSPS) is 10.6. The number of aromatic nitrogens is 1. The number of nitrogens with zero attached hydrogens (tertiary/aromatic N) is 1. The van der Waals surface area contributed by atoms with E-state index in [1.807, 2.05) is 31.2 Å². The van der Waals surface area contributed by atoms with Crippen molar-refractivity contribution in [2.75, 3.05) is 11.9 Å². The predicted octanol–water partition coefficient (Wildman–Crippen LogP) is 3.51. The Morgan fingerprint density at radius 3 is 2.65 bits per heavy atom. The SMILES string of the molecule is CCOCc1ccccc1CNc1ncc(F)cc1F. The van der Waals surface area contributed by atoms with E-state index in [9.17, 15) is 8.78 Å². The summed E-state index contributed by atoms with van der Waals surface area (Å²) in [6.45, 7) is 3.47. The monoisotopic (exact) mass is 278 g/mol. The second kappa shape index (κ2) is 6.96. The topological polar surface area (TPSA) is 34.1 Å². The van der Waals surface area contributed by atoms with Crippen LogP contribution in [-0.4, -0.2) is 11.6 Å². The first kappa shape index (κ1) is 14.4. The van der Waals surface area contributed by atoms with Crippen molar-refractivity contribution in [1.82, 2.24) is 4.98 Å². The van der Waals surface area contributed by atoms with Crippen LogP contribution < -0.4 is 5.32 Å². The zero-order valence-corrected chi connectivity index (χ0v) is 11.2. The molecule has 0 spiro atoms. The number of nitrogens with one attached hydrogen (secondary N) is 1. The highest BCUT2D eigenvalue weighted by atomic mass is 19.1. The first-order valence-electron chi connectivity index (χ1n) is 6.40. The van der Waals surface area contributed by atoms with Crippen LogP contribution in [-0.2, 0) is 17.9 Å². The van der Waals surface area contributed by atoms with Gasteiger partial charge in [-0.15, -0.1) is 0 Å². The number of hydrogen-bond donors (Lipinski definition) is 1. The number of hydrogen-bond acceptors (Lipinski definition) is 3. The van der Waals surface area contributed by atoms with Gasteiger partial charge in [-0.1, -0.05) is 24.3 Å². The van der Waals surface area contributed by atoms with E-state index in [0.29, 0.717) is 19.8 Å². The fourth-order valence-electron chi connectivity index (χ4n) is 1.81. The minimum atomic E-state index is -0.702. The van der Waals surface area contributed by atoms with E-state index >= 15 is 0 Å². The molecule has 5 heteroatoms. The van der Waals surface area contributed by atoms with Gasteiger partial charge in [0, 0.05) is 19.2 Å². The summed E-state index contributed by atoms with van der Waals surface area (Å²) in [5, 5.41) is 2.86. The smallest absolute Gasteiger partial charge is 0.168 e. The molecule has 0 aliphatic rings. The third-order valence-electron chi connectivity index (χ3n) is 2.83. The van der Waals surface area contributed by atoms with Crippen LogP contribution in [0.2, 0.25) is 0 Å². The lowest BCUT2D eigenvalue weighted by atomic mass is 10.1. The molecular weight excluding hydrogens is 262 g/mol. The molecule has 3 nitrogen and oxygen atoms in total. The number of halogens is 2. The molecule has 0 unspecified atom stereocenters. The quantitative estimate of drug-likeness (QED) is 0.878. The molecule has 0 amide bonds. The van der Waals surface area contributed by atoms with Gasteiger partial charge in [-0.2, -0.15) is 0 Å². The second-order valence-corrected chi connectivity index (χ2v) is 4.24. The maximum absolute atomic E-state index is 13.5. The van der Waals surface area contributed by atoms with Crippen LogP contribution in [0.15, 0.2) is 36.5 Å². The molecule has 20 heavy (non-hydrogen) atoms. The maximum Gasteiger partial charge on any atom is 0.168 e. The fourth-order valence-corrected chi connectivity index (χ4v) is 1.81. The van der Waals surface area contributed by atoms with Crippen molar-refractivity contribution in [3.8, 4) is 0 Å². The van der Waals surface area contributed by atoms with Crippen molar-refractivity contribution < 1.29 is 13.5 Å². The molecular formula is C15H16F2N2O. The molecule has 0 aliphatic carbocycles. The molecule has 0 atom stereocenters. The van der Waals surface area contributed by atoms with E-state index in [2.05, 4.69) is 10.3 Å². The summed E-state index contributed by atoms with van der Waals surface area (Å²) in [6, 6.07) is 8.53. The van der Waals surface area contributed by atoms with Gasteiger partial charge in [-0.3, -0.25) is 0 Å². The van der Waals surface area contributed by atoms with E-state index in [1.54, 1.807) is 0 Å². The Kier molecular flexibility index (Phi) is 5.01. The lowest BCUT2D eigenvalue weighted by molar-refractivity contribution is 0.133. The first-order valence-corrected chi connectivity index (χ1v) is 6.40. The average molecular weight is 278 g/mol. The van der Waals surface area contributed by atoms with Crippen molar-refractivity contribution in [1.29, 1.82) is 0 Å². The molecule has 1 heterocycles. The van der Waals surface area contributed by atoms with Crippen LogP contribution in [0.5, 0.6) is 0 Å². The summed E-state index contributed by atoms with van der Waals surface area (Å²) in [6.07, 6.45) is 0.984. The van der Waals surface area contributed by atoms with Crippen LogP contribution in [0, 0.1) is 11.6 Å². The predicted molar refractivity (Wildman–Crippen MR) is 73.3 cm³/mol. The standard InChI is InChI=1S/C15H16F2N2O/c1-2-20-10-12-6-4-3-5-11(12)8-18-15-14(17)7-13(16)9-19-15/h3-7,9H,2,8,10H2,1H3,(H,18,19). The largest absolute Gasteiger partial charge is 0.377 e. The van der Waals surface area contributed by atoms with Crippen LogP contribution >= 0.6 is 0 Å². The van der Waals surface area contributed by atoms with Gasteiger partial charge >= 0.3 is 0 Å². The Bertz CT molecular complexity index is 576. The Labute approximate surface area is 116 Å². The van der Waals surface area contributed by atoms with Crippen molar-refractivity contribution in [3.63, 3.8) is 0 Å². The van der Waals surface area contributed by atoms with Crippen molar-refractivity contribution >= 4 is 5.82 Å². The van der Waals surface area contributed by atoms with Gasteiger partial charge < -0.3 is 10.1 Å². The van der Waals surface area contributed by atoms with Crippen molar-refractivity contribution in [2.45, 2.75) is 20.1 Å². The average Bonchev–Trinajstić information content (AvgIpc) is 2.45. The first-order chi connectivity index (χ1) is 9.70. The minimum Gasteiger partial charge on any atom is -0.377 e. The lowest BCUT2D eigenvalue weighted by Crippen LogP contribution is -2.07. The van der Waals surface area contributed by atoms with Crippen LogP contribution in [0.3, 0.4) is 0 Å². The van der Waals surface area contributed by atoms with Crippen LogP contribution in [0.4, 0.5) is 14.6 Å². The number of rotatable bonds is 6. The third kappa shape index (κ3) is 3.74. The molecule has 2 aromatic rings. The molecule has 1 aromatic carbocycles. The van der Waals surface area contributed by atoms with E-state index < -0.39 is 11.6 Å². The lowest BCUT2D eigenvalue weighted by Gasteiger charge is -2.11. The highest BCUT2D eigenvalue weighted by Gasteiger charge is 2.07. The highest BCUT2D eigenvalue weighted by Crippen LogP contribution is 2.15. The fraction of sp³-hybridized carbons (Fsp3) is 0.267. The van der Waals surface area contributed by atoms with Crippen LogP contribution in [0.25, 0.3) is 0 Å². The zero-order valence-electron chi connectivity index (χ0n) is 11.2. The maximum atomic E-state index is 13.5. The second-order valence-electron chi connectivity index (χ2n) is 4.24. The molecule has 1 N–H and O–H groups in total. The molecule has 0 bridgehead atoms. The summed E-state index contributed by atoms with van der Waals surface area (Å²) in [4.78, 5) is 3.69. The molecule has 0 saturated heterocycles. The van der Waals surface area contributed by atoms with E-state index in [0.717, 1.165) is 23.4 Å². The molecule has 0 saturated carbocycles. The number of benzene rings is 1. The Hall–Kier alpha value is -2.01. The van der Waals surface area contributed by atoms with Gasteiger partial charge in [-0.25, -0.2) is 13.8 Å². The minimum absolute atomic E-state index is 0.0395. The number of ether oxygens (including phenoxy) is 1. The Morgan fingerprint density at radius 1 is 1.20 bits per heavy atom. The Morgan fingerprint density at radius 2 is 1.95 bits per heavy atom. The van der Waals surface area contributed by atoms with Crippen molar-refractivity contribution in [2.24, 2.45) is 0 Å². The third-order valence-corrected chi connectivity index (χ3v) is 2.83. The highest BCUT2D eigenvalue weighted by molar-refractivity contribution is 5.38. The van der Waals surface area contributed by atoms with Gasteiger partial charge in [0.1, 0.15) is 5.82 Å². The summed E-state index contributed by atoms with van der Waals surface area (Å²) >= 11 is 0. The molecule has 2 rings (SSSR count). The van der Waals surface area contributed by atoms with Gasteiger partial charge in [0.2, 0.25) is 0 Å². The number of pyridine rings is 1. The molecule has 0 radical (unpaired) electrons. The molecule has 0 fully saturated rings. The zero-order chi connectivity index (χ0) is 14.4. The molecule has 106 valence electrons. The Balaban J connectivity index is 2.06.